The van der Waals surface area contributed by atoms with Crippen molar-refractivity contribution in [3.63, 3.8) is 0 Å². The molecule has 0 radical (unpaired) electrons. The summed E-state index contributed by atoms with van der Waals surface area (Å²) < 4.78 is 5.09. The predicted molar refractivity (Wildman–Crippen MR) is 54.9 cm³/mol. The first-order chi connectivity index (χ1) is 6.76. The van der Waals surface area contributed by atoms with Crippen molar-refractivity contribution in [2.45, 2.75) is 18.9 Å². The summed E-state index contributed by atoms with van der Waals surface area (Å²) in [5.41, 5.74) is 6.65. The Hall–Kier alpha value is -1.53. The molecule has 0 aliphatic carbocycles. The fourth-order valence-electron chi connectivity index (χ4n) is 1.21. The number of rotatable bonds is 4. The average Bonchev–Trinajstić information content (AvgIpc) is 2.26. The van der Waals surface area contributed by atoms with E-state index < -0.39 is 0 Å². The van der Waals surface area contributed by atoms with Crippen molar-refractivity contribution in [1.82, 2.24) is 0 Å². The first-order valence-electron chi connectivity index (χ1n) is 4.54. The number of ether oxygens (including phenoxy) is 1. The number of aryl methyl sites for hydroxylation is 1. The Kier molecular flexibility index (Phi) is 3.96. The van der Waals surface area contributed by atoms with Crippen molar-refractivity contribution in [2.75, 3.05) is 7.11 Å². The number of nitrogens with zero attached hydrogens (tertiary/aromatic N) is 1. The third-order valence-electron chi connectivity index (χ3n) is 2.04. The molecular formula is C11H14N2O. The van der Waals surface area contributed by atoms with Crippen LogP contribution in [0.25, 0.3) is 0 Å². The van der Waals surface area contributed by atoms with Gasteiger partial charge in [-0.2, -0.15) is 5.26 Å². The van der Waals surface area contributed by atoms with E-state index in [1.165, 1.54) is 0 Å². The summed E-state index contributed by atoms with van der Waals surface area (Å²) in [4.78, 5) is 0. The van der Waals surface area contributed by atoms with Gasteiger partial charge in [0.2, 0.25) is 0 Å². The van der Waals surface area contributed by atoms with Gasteiger partial charge in [0.15, 0.2) is 0 Å². The van der Waals surface area contributed by atoms with E-state index in [1.54, 1.807) is 7.11 Å². The summed E-state index contributed by atoms with van der Waals surface area (Å²) in [5.74, 6) is 0.841. The average molecular weight is 190 g/mol. The van der Waals surface area contributed by atoms with E-state index in [1.807, 2.05) is 30.3 Å². The van der Waals surface area contributed by atoms with Crippen LogP contribution in [0.3, 0.4) is 0 Å². The van der Waals surface area contributed by atoms with Gasteiger partial charge in [0.1, 0.15) is 5.75 Å². The van der Waals surface area contributed by atoms with Gasteiger partial charge in [0.05, 0.1) is 19.2 Å². The number of benzene rings is 1. The highest BCUT2D eigenvalue weighted by Crippen LogP contribution is 2.14. The summed E-state index contributed by atoms with van der Waals surface area (Å²) in [5, 5.41) is 8.51. The van der Waals surface area contributed by atoms with Crippen molar-refractivity contribution >= 4 is 0 Å². The molecule has 0 fully saturated rings. The van der Waals surface area contributed by atoms with Crippen LogP contribution in [0.1, 0.15) is 12.0 Å². The van der Waals surface area contributed by atoms with Crippen LogP contribution < -0.4 is 10.5 Å². The fourth-order valence-corrected chi connectivity index (χ4v) is 1.21. The zero-order valence-corrected chi connectivity index (χ0v) is 8.23. The summed E-state index contributed by atoms with van der Waals surface area (Å²) in [6.45, 7) is 0. The molecule has 2 N–H and O–H groups in total. The third-order valence-corrected chi connectivity index (χ3v) is 2.04. The zero-order chi connectivity index (χ0) is 10.4. The van der Waals surface area contributed by atoms with Gasteiger partial charge in [-0.15, -0.1) is 0 Å². The molecule has 3 nitrogen and oxygen atoms in total. The van der Waals surface area contributed by atoms with E-state index in [4.69, 9.17) is 15.7 Å². The predicted octanol–water partition coefficient (Wildman–Crippen LogP) is 1.48. The quantitative estimate of drug-likeness (QED) is 0.782. The number of nitriles is 1. The van der Waals surface area contributed by atoms with Crippen molar-refractivity contribution < 1.29 is 4.74 Å². The highest BCUT2D eigenvalue weighted by Gasteiger charge is 2.01. The van der Waals surface area contributed by atoms with Crippen LogP contribution in [0.2, 0.25) is 0 Å². The first kappa shape index (κ1) is 10.6. The molecule has 0 aliphatic heterocycles. The molecule has 74 valence electrons. The van der Waals surface area contributed by atoms with E-state index in [2.05, 4.69) is 0 Å². The second kappa shape index (κ2) is 5.25. The van der Waals surface area contributed by atoms with Crippen molar-refractivity contribution in [1.29, 1.82) is 5.26 Å². The van der Waals surface area contributed by atoms with Crippen LogP contribution in [-0.2, 0) is 6.42 Å². The summed E-state index contributed by atoms with van der Waals surface area (Å²) in [6, 6.07) is 9.44. The minimum Gasteiger partial charge on any atom is -0.497 e. The highest BCUT2D eigenvalue weighted by atomic mass is 16.5. The largest absolute Gasteiger partial charge is 0.497 e. The molecule has 1 unspecified atom stereocenters. The van der Waals surface area contributed by atoms with E-state index in [0.29, 0.717) is 6.42 Å². The van der Waals surface area contributed by atoms with Crippen molar-refractivity contribution in [3.05, 3.63) is 29.8 Å². The van der Waals surface area contributed by atoms with Crippen molar-refractivity contribution in [2.24, 2.45) is 5.73 Å². The molecule has 0 heterocycles. The topological polar surface area (TPSA) is 59.0 Å². The third kappa shape index (κ3) is 3.08. The number of hydrogen-bond donors (Lipinski definition) is 1. The van der Waals surface area contributed by atoms with Gasteiger partial charge in [0.25, 0.3) is 0 Å². The van der Waals surface area contributed by atoms with Gasteiger partial charge in [-0.05, 0) is 30.5 Å². The minimum absolute atomic E-state index is 0.374. The molecule has 14 heavy (non-hydrogen) atoms. The normalized spacial score (nSPS) is 11.8. The van der Waals surface area contributed by atoms with E-state index in [-0.39, 0.29) is 6.04 Å². The second-order valence-electron chi connectivity index (χ2n) is 3.13. The Balaban J connectivity index is 2.55. The molecule has 0 bridgehead atoms. The Morgan fingerprint density at radius 1 is 1.57 bits per heavy atom. The molecule has 0 amide bonds. The van der Waals surface area contributed by atoms with E-state index >= 15 is 0 Å². The standard InChI is InChI=1S/C11H14N2O/c1-14-11-4-2-3-9(7-11)5-6-10(13)8-12/h2-4,7,10H,5-6,13H2,1H3. The summed E-state index contributed by atoms with van der Waals surface area (Å²) in [7, 11) is 1.64. The lowest BCUT2D eigenvalue weighted by molar-refractivity contribution is 0.414. The van der Waals surface area contributed by atoms with Crippen LogP contribution in [-0.4, -0.2) is 13.2 Å². The number of hydrogen-bond acceptors (Lipinski definition) is 3. The highest BCUT2D eigenvalue weighted by molar-refractivity contribution is 5.28. The molecule has 0 spiro atoms. The molecule has 1 rings (SSSR count). The lowest BCUT2D eigenvalue weighted by Crippen LogP contribution is -2.17. The SMILES string of the molecule is COc1cccc(CCC(N)C#N)c1. The van der Waals surface area contributed by atoms with Gasteiger partial charge in [-0.3, -0.25) is 0 Å². The van der Waals surface area contributed by atoms with Crippen LogP contribution in [0.15, 0.2) is 24.3 Å². The molecule has 3 heteroatoms. The Bertz CT molecular complexity index is 330. The van der Waals surface area contributed by atoms with Gasteiger partial charge in [-0.25, -0.2) is 0 Å². The van der Waals surface area contributed by atoms with Crippen LogP contribution in [0, 0.1) is 11.3 Å². The number of nitrogens with two attached hydrogens (primary N) is 1. The molecule has 1 aromatic rings. The van der Waals surface area contributed by atoms with Gasteiger partial charge in [0, 0.05) is 0 Å². The molecule has 0 saturated carbocycles. The molecular weight excluding hydrogens is 176 g/mol. The van der Waals surface area contributed by atoms with E-state index in [0.717, 1.165) is 17.7 Å². The molecule has 0 saturated heterocycles. The van der Waals surface area contributed by atoms with Crippen LogP contribution in [0.4, 0.5) is 0 Å². The van der Waals surface area contributed by atoms with Crippen molar-refractivity contribution in [3.8, 4) is 11.8 Å². The monoisotopic (exact) mass is 190 g/mol. The zero-order valence-electron chi connectivity index (χ0n) is 8.23. The molecule has 1 atom stereocenters. The van der Waals surface area contributed by atoms with Gasteiger partial charge in [-0.1, -0.05) is 12.1 Å². The Morgan fingerprint density at radius 2 is 2.36 bits per heavy atom. The minimum atomic E-state index is -0.374. The Labute approximate surface area is 84.1 Å². The second-order valence-corrected chi connectivity index (χ2v) is 3.13. The number of methoxy groups -OCH3 is 1. The van der Waals surface area contributed by atoms with Crippen LogP contribution in [0.5, 0.6) is 5.75 Å². The summed E-state index contributed by atoms with van der Waals surface area (Å²) >= 11 is 0. The molecule has 1 aromatic carbocycles. The first-order valence-corrected chi connectivity index (χ1v) is 4.54. The lowest BCUT2D eigenvalue weighted by Gasteiger charge is -2.05. The maximum atomic E-state index is 8.51. The van der Waals surface area contributed by atoms with Gasteiger partial charge < -0.3 is 10.5 Å². The van der Waals surface area contributed by atoms with Gasteiger partial charge >= 0.3 is 0 Å². The smallest absolute Gasteiger partial charge is 0.119 e. The molecule has 0 aromatic heterocycles. The lowest BCUT2D eigenvalue weighted by atomic mass is 10.1. The fraction of sp³-hybridized carbons (Fsp3) is 0.364. The van der Waals surface area contributed by atoms with Crippen LogP contribution >= 0.6 is 0 Å². The van der Waals surface area contributed by atoms with E-state index in [9.17, 15) is 0 Å². The summed E-state index contributed by atoms with van der Waals surface area (Å²) in [6.07, 6.45) is 1.50. The molecule has 0 aliphatic rings. The Morgan fingerprint density at radius 3 is 3.00 bits per heavy atom. The maximum absolute atomic E-state index is 8.51. The maximum Gasteiger partial charge on any atom is 0.119 e.